The van der Waals surface area contributed by atoms with Crippen LogP contribution in [0, 0.1) is 23.3 Å². The normalized spacial score (nSPS) is 12.7. The molecule has 0 saturated carbocycles. The van der Waals surface area contributed by atoms with Gasteiger partial charge in [-0.3, -0.25) is 0 Å². The van der Waals surface area contributed by atoms with Crippen LogP contribution in [0.25, 0.3) is 174 Å². The van der Waals surface area contributed by atoms with Crippen LogP contribution < -0.4 is 0 Å². The summed E-state index contributed by atoms with van der Waals surface area (Å²) < 4.78 is 63.0. The monoisotopic (exact) mass is 924 g/mol. The Morgan fingerprint density at radius 3 is 1.21 bits per heavy atom. The zero-order chi connectivity index (χ0) is 47.4. The number of hydrogen-bond acceptors (Lipinski definition) is 0. The highest BCUT2D eigenvalue weighted by molar-refractivity contribution is 6.51. The summed E-state index contributed by atoms with van der Waals surface area (Å²) in [5.41, 5.74) is 7.30. The summed E-state index contributed by atoms with van der Waals surface area (Å²) in [5.74, 6) is -2.75. The SMILES string of the molecule is Fc1ccc(-c2c3c(c(-c4ccc(F)cc4F)c4cc5ccccc5cc24)-c2ccc4c5ccc6c7c(ccc(c8ccc-3c2c84)c57)c2c(-c3ccccc3)c3cccc4c5ccccc5c(c34)c62)c(F)c1. The molecule has 0 fully saturated rings. The second-order valence-corrected chi connectivity index (χ2v) is 19.8. The first-order chi connectivity index (χ1) is 35.4. The molecule has 0 aromatic heterocycles. The number of hydrogen-bond donors (Lipinski definition) is 0. The van der Waals surface area contributed by atoms with Crippen LogP contribution in [0.15, 0.2) is 194 Å². The van der Waals surface area contributed by atoms with Gasteiger partial charge in [0.05, 0.1) is 0 Å². The van der Waals surface area contributed by atoms with Crippen molar-refractivity contribution >= 4 is 118 Å². The van der Waals surface area contributed by atoms with Gasteiger partial charge >= 0.3 is 0 Å². The van der Waals surface area contributed by atoms with Crippen LogP contribution in [0.4, 0.5) is 17.6 Å². The summed E-state index contributed by atoms with van der Waals surface area (Å²) in [5, 5.41) is 24.7. The molecule has 0 bridgehead atoms. The molecule has 0 atom stereocenters. The largest absolute Gasteiger partial charge is 0.207 e. The summed E-state index contributed by atoms with van der Waals surface area (Å²) in [6.07, 6.45) is 0. The second-order valence-electron chi connectivity index (χ2n) is 19.8. The summed E-state index contributed by atoms with van der Waals surface area (Å²) in [7, 11) is 0. The predicted octanol–water partition coefficient (Wildman–Crippen LogP) is 19.9. The molecule has 1 aliphatic carbocycles. The van der Waals surface area contributed by atoms with E-state index in [-0.39, 0.29) is 11.1 Å². The van der Waals surface area contributed by atoms with E-state index >= 15 is 8.78 Å². The molecule has 332 valence electrons. The zero-order valence-electron chi connectivity index (χ0n) is 38.0. The highest BCUT2D eigenvalue weighted by Crippen LogP contribution is 2.61. The third-order valence-corrected chi connectivity index (χ3v) is 16.4. The van der Waals surface area contributed by atoms with E-state index in [1.165, 1.54) is 100 Å². The first-order valence-electron chi connectivity index (χ1n) is 24.3. The van der Waals surface area contributed by atoms with Crippen molar-refractivity contribution in [2.75, 3.05) is 0 Å². The molecule has 1 aliphatic rings. The smallest absolute Gasteiger partial charge is 0.133 e. The second kappa shape index (κ2) is 13.4. The van der Waals surface area contributed by atoms with Crippen LogP contribution >= 0.6 is 0 Å². The fourth-order valence-electron chi connectivity index (χ4n) is 13.8. The van der Waals surface area contributed by atoms with Crippen molar-refractivity contribution in [3.05, 3.63) is 217 Å². The van der Waals surface area contributed by atoms with Crippen molar-refractivity contribution in [1.82, 2.24) is 0 Å². The van der Waals surface area contributed by atoms with E-state index in [9.17, 15) is 8.78 Å². The lowest BCUT2D eigenvalue weighted by molar-refractivity contribution is 0.585. The van der Waals surface area contributed by atoms with E-state index in [0.717, 1.165) is 77.5 Å². The van der Waals surface area contributed by atoms with Crippen molar-refractivity contribution in [3.63, 3.8) is 0 Å². The quantitative estimate of drug-likeness (QED) is 0.0941. The molecule has 0 N–H and O–H groups in total. The number of benzene rings is 14. The van der Waals surface area contributed by atoms with Gasteiger partial charge in [0.1, 0.15) is 23.3 Å². The fourth-order valence-corrected chi connectivity index (χ4v) is 13.8. The van der Waals surface area contributed by atoms with Crippen molar-refractivity contribution in [2.45, 2.75) is 0 Å². The Kier molecular flexibility index (Phi) is 7.20. The van der Waals surface area contributed by atoms with E-state index in [0.29, 0.717) is 21.9 Å². The molecule has 0 aliphatic heterocycles. The zero-order valence-corrected chi connectivity index (χ0v) is 38.0. The highest BCUT2D eigenvalue weighted by Gasteiger charge is 2.35. The Morgan fingerprint density at radius 1 is 0.208 bits per heavy atom. The van der Waals surface area contributed by atoms with Gasteiger partial charge in [-0.15, -0.1) is 0 Å². The van der Waals surface area contributed by atoms with Gasteiger partial charge in [-0.05, 0) is 188 Å². The van der Waals surface area contributed by atoms with Crippen LogP contribution in [0.5, 0.6) is 0 Å². The lowest BCUT2D eigenvalue weighted by Gasteiger charge is -2.21. The van der Waals surface area contributed by atoms with Gasteiger partial charge in [0.15, 0.2) is 0 Å². The van der Waals surface area contributed by atoms with Crippen LogP contribution in [0.1, 0.15) is 0 Å². The summed E-state index contributed by atoms with van der Waals surface area (Å²) >= 11 is 0. The molecule has 0 spiro atoms. The van der Waals surface area contributed by atoms with Gasteiger partial charge in [-0.2, -0.15) is 0 Å². The highest BCUT2D eigenvalue weighted by atomic mass is 19.1. The molecule has 4 heteroatoms. The Labute approximate surface area is 407 Å². The topological polar surface area (TPSA) is 0 Å². The van der Waals surface area contributed by atoms with Crippen LogP contribution in [0.3, 0.4) is 0 Å². The maximum atomic E-state index is 16.6. The molecule has 0 radical (unpaired) electrons. The summed E-state index contributed by atoms with van der Waals surface area (Å²) in [6.45, 7) is 0. The molecular formula is C68H32F4. The Morgan fingerprint density at radius 2 is 0.611 bits per heavy atom. The average molecular weight is 925 g/mol. The Balaban J connectivity index is 1.05. The van der Waals surface area contributed by atoms with E-state index in [4.69, 9.17) is 0 Å². The summed E-state index contributed by atoms with van der Waals surface area (Å²) in [6, 6.07) is 63.8. The Hall–Kier alpha value is -9.12. The maximum absolute atomic E-state index is 16.6. The van der Waals surface area contributed by atoms with Crippen LogP contribution in [0.2, 0.25) is 0 Å². The standard InChI is InChI=1S/C68H32F4/c69-36-17-19-45(54(71)31-36)60-52-29-34-11-4-5-12-35(34)30-53(52)61(46-20-18-37(70)32-55(46)72)67-50-27-23-43-44-24-28-51-62-48(25-21-41(57(44)62)42-22-26-49(66(60)67)63(50)58(42)43)65-56(33-9-2-1-3-10-33)47-16-8-15-39-38-13-6-7-14-40(38)64(59(39)47)68(51)65/h1-32H. The van der Waals surface area contributed by atoms with Gasteiger partial charge < -0.3 is 0 Å². The molecule has 72 heavy (non-hydrogen) atoms. The predicted molar refractivity (Wildman–Crippen MR) is 293 cm³/mol. The molecule has 0 amide bonds. The fraction of sp³-hybridized carbons (Fsp3) is 0. The third-order valence-electron chi connectivity index (χ3n) is 16.4. The van der Waals surface area contributed by atoms with E-state index in [1.807, 2.05) is 36.4 Å². The molecule has 16 aromatic carbocycles. The first-order valence-corrected chi connectivity index (χ1v) is 24.3. The minimum Gasteiger partial charge on any atom is -0.207 e. The molecule has 0 heterocycles. The molecule has 17 rings (SSSR count). The average Bonchev–Trinajstić information content (AvgIpc) is 4.04. The van der Waals surface area contributed by atoms with E-state index < -0.39 is 23.3 Å². The number of fused-ring (bicyclic) bond motifs is 14. The van der Waals surface area contributed by atoms with Gasteiger partial charge in [0.2, 0.25) is 0 Å². The van der Waals surface area contributed by atoms with Crippen molar-refractivity contribution < 1.29 is 17.6 Å². The minimum atomic E-state index is -0.696. The van der Waals surface area contributed by atoms with E-state index in [2.05, 4.69) is 121 Å². The number of halogens is 4. The maximum Gasteiger partial charge on any atom is 0.133 e. The van der Waals surface area contributed by atoms with Crippen molar-refractivity contribution in [3.8, 4) is 55.6 Å². The molecule has 0 nitrogen and oxygen atoms in total. The van der Waals surface area contributed by atoms with Gasteiger partial charge in [-0.25, -0.2) is 17.6 Å². The lowest BCUT2D eigenvalue weighted by Crippen LogP contribution is -1.97. The van der Waals surface area contributed by atoms with Gasteiger partial charge in [0, 0.05) is 34.4 Å². The van der Waals surface area contributed by atoms with Crippen LogP contribution in [-0.4, -0.2) is 0 Å². The molecular weight excluding hydrogens is 893 g/mol. The number of rotatable bonds is 3. The summed E-state index contributed by atoms with van der Waals surface area (Å²) in [4.78, 5) is 0. The Bertz CT molecular complexity index is 4960. The van der Waals surface area contributed by atoms with E-state index in [1.54, 1.807) is 0 Å². The van der Waals surface area contributed by atoms with Gasteiger partial charge in [-0.1, -0.05) is 146 Å². The third kappa shape index (κ3) is 4.64. The van der Waals surface area contributed by atoms with Gasteiger partial charge in [0.25, 0.3) is 0 Å². The van der Waals surface area contributed by atoms with Crippen molar-refractivity contribution in [1.29, 1.82) is 0 Å². The minimum absolute atomic E-state index is 0.241. The molecule has 16 aromatic rings. The molecule has 0 saturated heterocycles. The molecule has 0 unspecified atom stereocenters. The van der Waals surface area contributed by atoms with Crippen molar-refractivity contribution in [2.24, 2.45) is 0 Å². The lowest BCUT2D eigenvalue weighted by atomic mass is 9.81. The first kappa shape index (κ1) is 38.7. The van der Waals surface area contributed by atoms with Crippen LogP contribution in [-0.2, 0) is 0 Å².